The van der Waals surface area contributed by atoms with Gasteiger partial charge in [0.2, 0.25) is 0 Å². The summed E-state index contributed by atoms with van der Waals surface area (Å²) in [7, 11) is 0. The van der Waals surface area contributed by atoms with E-state index in [-0.39, 0.29) is 0 Å². The van der Waals surface area contributed by atoms with Crippen LogP contribution in [0, 0.1) is 22.7 Å². The quantitative estimate of drug-likeness (QED) is 0.184. The van der Waals surface area contributed by atoms with Crippen molar-refractivity contribution in [1.29, 1.82) is 10.5 Å². The third-order valence-electron chi connectivity index (χ3n) is 11.1. The Labute approximate surface area is 316 Å². The van der Waals surface area contributed by atoms with Crippen LogP contribution >= 0.6 is 0 Å². The van der Waals surface area contributed by atoms with Crippen LogP contribution in [0.25, 0.3) is 93.6 Å². The lowest BCUT2D eigenvalue weighted by Gasteiger charge is -2.14. The fraction of sp³-hybridized carbons (Fsp3) is 0. The molecule has 5 heteroatoms. The second kappa shape index (κ2) is 11.8. The summed E-state index contributed by atoms with van der Waals surface area (Å²) in [5, 5.41) is 27.3. The molecule has 5 nitrogen and oxygen atoms in total. The highest BCUT2D eigenvalue weighted by Crippen LogP contribution is 2.39. The van der Waals surface area contributed by atoms with E-state index < -0.39 is 0 Å². The Morgan fingerprint density at radius 3 is 1.45 bits per heavy atom. The average molecular weight is 700 g/mol. The van der Waals surface area contributed by atoms with Crippen molar-refractivity contribution >= 4 is 65.4 Å². The summed E-state index contributed by atoms with van der Waals surface area (Å²) >= 11 is 0. The fourth-order valence-corrected chi connectivity index (χ4v) is 8.75. The minimum atomic E-state index is 0.593. The van der Waals surface area contributed by atoms with Gasteiger partial charge in [0.25, 0.3) is 0 Å². The number of nitriles is 2. The summed E-state index contributed by atoms with van der Waals surface area (Å²) in [4.78, 5) is 0. The van der Waals surface area contributed by atoms with Crippen molar-refractivity contribution in [3.8, 4) is 40.3 Å². The molecular formula is C50H29N5. The van der Waals surface area contributed by atoms with Crippen LogP contribution in [0.2, 0.25) is 0 Å². The van der Waals surface area contributed by atoms with Crippen molar-refractivity contribution in [2.75, 3.05) is 0 Å². The zero-order valence-corrected chi connectivity index (χ0v) is 29.5. The molecular weight excluding hydrogens is 671 g/mol. The highest BCUT2D eigenvalue weighted by atomic mass is 15.0. The predicted octanol–water partition coefficient (Wildman–Crippen LogP) is 12.4. The van der Waals surface area contributed by atoms with Crippen LogP contribution in [0.1, 0.15) is 11.1 Å². The van der Waals surface area contributed by atoms with E-state index in [0.717, 1.165) is 61.0 Å². The lowest BCUT2D eigenvalue weighted by molar-refractivity contribution is 1.15. The first-order valence-corrected chi connectivity index (χ1v) is 18.3. The monoisotopic (exact) mass is 699 g/mol. The first-order valence-electron chi connectivity index (χ1n) is 18.3. The van der Waals surface area contributed by atoms with E-state index in [9.17, 15) is 10.5 Å². The summed E-state index contributed by atoms with van der Waals surface area (Å²) < 4.78 is 6.86. The van der Waals surface area contributed by atoms with Gasteiger partial charge in [0, 0.05) is 49.3 Å². The maximum atomic E-state index is 10.8. The Hall–Kier alpha value is -7.86. The summed E-state index contributed by atoms with van der Waals surface area (Å²) in [6.07, 6.45) is 0. The van der Waals surface area contributed by atoms with Gasteiger partial charge in [-0.2, -0.15) is 10.5 Å². The molecule has 0 atom stereocenters. The molecule has 0 radical (unpaired) electrons. The molecule has 11 aromatic rings. The molecule has 55 heavy (non-hydrogen) atoms. The lowest BCUT2D eigenvalue weighted by atomic mass is 9.98. The van der Waals surface area contributed by atoms with Crippen LogP contribution in [-0.2, 0) is 0 Å². The van der Waals surface area contributed by atoms with Crippen molar-refractivity contribution in [1.82, 2.24) is 13.7 Å². The Balaban J connectivity index is 1.07. The molecule has 3 aromatic heterocycles. The molecule has 0 bridgehead atoms. The summed E-state index contributed by atoms with van der Waals surface area (Å²) in [5.74, 6) is 0. The lowest BCUT2D eigenvalue weighted by Crippen LogP contribution is -2.00. The molecule has 0 aliphatic carbocycles. The molecule has 0 spiro atoms. The molecule has 0 amide bonds. The van der Waals surface area contributed by atoms with E-state index in [1.54, 1.807) is 0 Å². The van der Waals surface area contributed by atoms with Crippen LogP contribution in [0.4, 0.5) is 0 Å². The van der Waals surface area contributed by atoms with E-state index in [1.807, 2.05) is 48.5 Å². The van der Waals surface area contributed by atoms with Gasteiger partial charge in [-0.3, -0.25) is 0 Å². The Bertz CT molecular complexity index is 3400. The Morgan fingerprint density at radius 1 is 0.345 bits per heavy atom. The first kappa shape index (κ1) is 30.7. The van der Waals surface area contributed by atoms with Crippen molar-refractivity contribution in [3.63, 3.8) is 0 Å². The number of fused-ring (bicyclic) bond motifs is 9. The van der Waals surface area contributed by atoms with Gasteiger partial charge in [-0.05, 0) is 78.4 Å². The molecule has 0 unspecified atom stereocenters. The standard InChI is InChI=1S/C50H29N5/c51-30-32-20-27-49-42(28-32)40-13-4-8-18-47(40)55(49)48-19-9-14-36(43(48)31-52)33-21-23-34(24-22-33)53-44-15-5-3-12-39(44)41-26-25-35(29-50(41)53)54-45-16-6-1-10-37(45)38-11-2-7-17-46(38)54/h1-29H. The number of aromatic nitrogens is 3. The largest absolute Gasteiger partial charge is 0.309 e. The second-order valence-corrected chi connectivity index (χ2v) is 14.0. The number of benzene rings is 8. The normalized spacial score (nSPS) is 11.6. The van der Waals surface area contributed by atoms with Crippen LogP contribution in [0.5, 0.6) is 0 Å². The van der Waals surface area contributed by atoms with Crippen molar-refractivity contribution in [3.05, 3.63) is 187 Å². The number of para-hydroxylation sites is 4. The maximum absolute atomic E-state index is 10.8. The predicted molar refractivity (Wildman–Crippen MR) is 224 cm³/mol. The van der Waals surface area contributed by atoms with Crippen LogP contribution in [-0.4, -0.2) is 13.7 Å². The molecule has 8 aromatic carbocycles. The molecule has 0 saturated carbocycles. The maximum Gasteiger partial charge on any atom is 0.102 e. The van der Waals surface area contributed by atoms with Crippen LogP contribution in [0.3, 0.4) is 0 Å². The molecule has 254 valence electrons. The molecule has 0 aliphatic heterocycles. The first-order chi connectivity index (χ1) is 27.2. The van der Waals surface area contributed by atoms with Gasteiger partial charge in [0.05, 0.1) is 56.0 Å². The Kier molecular flexibility index (Phi) is 6.61. The van der Waals surface area contributed by atoms with E-state index in [0.29, 0.717) is 11.1 Å². The van der Waals surface area contributed by atoms with Gasteiger partial charge >= 0.3 is 0 Å². The number of hydrogen-bond donors (Lipinski definition) is 0. The molecule has 0 aliphatic rings. The average Bonchev–Trinajstić information content (AvgIpc) is 3.88. The fourth-order valence-electron chi connectivity index (χ4n) is 8.75. The minimum absolute atomic E-state index is 0.593. The van der Waals surface area contributed by atoms with Crippen LogP contribution in [0.15, 0.2) is 176 Å². The van der Waals surface area contributed by atoms with Crippen molar-refractivity contribution < 1.29 is 0 Å². The van der Waals surface area contributed by atoms with E-state index in [4.69, 9.17) is 0 Å². The second-order valence-electron chi connectivity index (χ2n) is 14.0. The smallest absolute Gasteiger partial charge is 0.102 e. The minimum Gasteiger partial charge on any atom is -0.309 e. The van der Waals surface area contributed by atoms with Gasteiger partial charge in [-0.15, -0.1) is 0 Å². The third-order valence-corrected chi connectivity index (χ3v) is 11.1. The number of nitrogens with zero attached hydrogens (tertiary/aromatic N) is 5. The van der Waals surface area contributed by atoms with E-state index in [1.165, 1.54) is 32.6 Å². The molecule has 3 heterocycles. The van der Waals surface area contributed by atoms with E-state index >= 15 is 0 Å². The van der Waals surface area contributed by atoms with Crippen LogP contribution < -0.4 is 0 Å². The zero-order valence-electron chi connectivity index (χ0n) is 29.5. The number of hydrogen-bond acceptors (Lipinski definition) is 2. The topological polar surface area (TPSA) is 62.4 Å². The van der Waals surface area contributed by atoms with Crippen molar-refractivity contribution in [2.24, 2.45) is 0 Å². The Morgan fingerprint density at radius 2 is 0.855 bits per heavy atom. The van der Waals surface area contributed by atoms with Gasteiger partial charge < -0.3 is 13.7 Å². The zero-order chi connectivity index (χ0) is 36.6. The summed E-state index contributed by atoms with van der Waals surface area (Å²) in [5.41, 5.74) is 12.5. The third kappa shape index (κ3) is 4.45. The summed E-state index contributed by atoms with van der Waals surface area (Å²) in [6, 6.07) is 66.0. The van der Waals surface area contributed by atoms with Crippen molar-refractivity contribution in [2.45, 2.75) is 0 Å². The van der Waals surface area contributed by atoms with Gasteiger partial charge in [0.15, 0.2) is 0 Å². The molecule has 0 saturated heterocycles. The summed E-state index contributed by atoms with van der Waals surface area (Å²) in [6.45, 7) is 0. The number of rotatable bonds is 4. The van der Waals surface area contributed by atoms with Gasteiger partial charge in [0.1, 0.15) is 6.07 Å². The molecule has 0 fully saturated rings. The highest BCUT2D eigenvalue weighted by molar-refractivity contribution is 6.12. The van der Waals surface area contributed by atoms with Gasteiger partial charge in [-0.1, -0.05) is 103 Å². The van der Waals surface area contributed by atoms with Gasteiger partial charge in [-0.25, -0.2) is 0 Å². The highest BCUT2D eigenvalue weighted by Gasteiger charge is 2.19. The molecule has 11 rings (SSSR count). The SMILES string of the molecule is N#Cc1ccc2c(c1)c1ccccc1n2-c1cccc(-c2ccc(-n3c4ccccc4c4ccc(-n5c6ccccc6c6ccccc65)cc43)cc2)c1C#N. The van der Waals surface area contributed by atoms with E-state index in [2.05, 4.69) is 153 Å². The molecule has 0 N–H and O–H groups in total.